The Morgan fingerprint density at radius 2 is 1.42 bits per heavy atom. The van der Waals surface area contributed by atoms with Crippen LogP contribution in [0.3, 0.4) is 0 Å². The van der Waals surface area contributed by atoms with Crippen LogP contribution in [0.2, 0.25) is 0 Å². The number of ketones is 1. The fourth-order valence-corrected chi connectivity index (χ4v) is 3.04. The maximum atomic E-state index is 13.1. The van der Waals surface area contributed by atoms with Crippen LogP contribution in [0.4, 0.5) is 0 Å². The molecule has 0 radical (unpaired) electrons. The van der Waals surface area contributed by atoms with Gasteiger partial charge in [-0.05, 0) is 29.8 Å². The van der Waals surface area contributed by atoms with Crippen molar-refractivity contribution in [3.8, 4) is 17.2 Å². The highest BCUT2D eigenvalue weighted by Crippen LogP contribution is 2.40. The first kappa shape index (κ1) is 16.2. The Morgan fingerprint density at radius 1 is 0.808 bits per heavy atom. The zero-order chi connectivity index (χ0) is 17.9. The average molecular weight is 346 g/mol. The van der Waals surface area contributed by atoms with Gasteiger partial charge in [0.25, 0.3) is 0 Å². The van der Waals surface area contributed by atoms with E-state index < -0.39 is 12.2 Å². The highest BCUT2D eigenvalue weighted by atomic mass is 16.6. The van der Waals surface area contributed by atoms with E-state index in [1.807, 2.05) is 66.7 Å². The van der Waals surface area contributed by atoms with Crippen LogP contribution in [-0.4, -0.2) is 19.0 Å². The number of benzene rings is 3. The van der Waals surface area contributed by atoms with Gasteiger partial charge < -0.3 is 14.2 Å². The van der Waals surface area contributed by atoms with Crippen molar-refractivity contribution in [3.63, 3.8) is 0 Å². The Labute approximate surface area is 152 Å². The first-order valence-corrected chi connectivity index (χ1v) is 8.42. The Morgan fingerprint density at radius 3 is 2.08 bits per heavy atom. The molecular weight excluding hydrogens is 328 g/mol. The van der Waals surface area contributed by atoms with Gasteiger partial charge in [-0.2, -0.15) is 0 Å². The number of methoxy groups -OCH3 is 1. The molecule has 1 aliphatic heterocycles. The third-order valence-electron chi connectivity index (χ3n) is 4.39. The minimum absolute atomic E-state index is 0.110. The summed E-state index contributed by atoms with van der Waals surface area (Å²) >= 11 is 0. The van der Waals surface area contributed by atoms with Gasteiger partial charge in [0.1, 0.15) is 5.75 Å². The molecule has 0 aliphatic carbocycles. The van der Waals surface area contributed by atoms with Crippen molar-refractivity contribution in [3.05, 3.63) is 90.0 Å². The van der Waals surface area contributed by atoms with E-state index in [1.54, 1.807) is 19.2 Å². The van der Waals surface area contributed by atoms with Gasteiger partial charge in [0.15, 0.2) is 17.6 Å². The molecule has 4 rings (SSSR count). The molecule has 0 spiro atoms. The second-order valence-electron chi connectivity index (χ2n) is 6.03. The maximum Gasteiger partial charge on any atom is 0.207 e. The average Bonchev–Trinajstić information content (AvgIpc) is 2.73. The van der Waals surface area contributed by atoms with Crippen molar-refractivity contribution in [2.45, 2.75) is 12.2 Å². The number of rotatable bonds is 4. The highest BCUT2D eigenvalue weighted by Gasteiger charge is 2.38. The molecule has 130 valence electrons. The summed E-state index contributed by atoms with van der Waals surface area (Å²) in [4.78, 5) is 13.1. The van der Waals surface area contributed by atoms with E-state index in [4.69, 9.17) is 14.2 Å². The molecule has 26 heavy (non-hydrogen) atoms. The summed E-state index contributed by atoms with van der Waals surface area (Å²) < 4.78 is 17.4. The van der Waals surface area contributed by atoms with Crippen LogP contribution in [-0.2, 0) is 0 Å². The maximum absolute atomic E-state index is 13.1. The zero-order valence-electron chi connectivity index (χ0n) is 14.3. The van der Waals surface area contributed by atoms with Gasteiger partial charge in [0.2, 0.25) is 11.9 Å². The van der Waals surface area contributed by atoms with Crippen molar-refractivity contribution < 1.29 is 19.0 Å². The van der Waals surface area contributed by atoms with Crippen molar-refractivity contribution in [1.29, 1.82) is 0 Å². The van der Waals surface area contributed by atoms with Gasteiger partial charge in [-0.25, -0.2) is 0 Å². The van der Waals surface area contributed by atoms with Gasteiger partial charge in [-0.3, -0.25) is 4.79 Å². The molecule has 0 fully saturated rings. The summed E-state index contributed by atoms with van der Waals surface area (Å²) in [5.41, 5.74) is 1.45. The van der Waals surface area contributed by atoms with Crippen LogP contribution in [0.5, 0.6) is 17.2 Å². The van der Waals surface area contributed by atoms with E-state index in [1.165, 1.54) is 0 Å². The van der Waals surface area contributed by atoms with Gasteiger partial charge in [0.05, 0.1) is 7.11 Å². The van der Waals surface area contributed by atoms with Gasteiger partial charge in [-0.15, -0.1) is 0 Å². The Balaban J connectivity index is 1.73. The number of fused-ring (bicyclic) bond motifs is 1. The van der Waals surface area contributed by atoms with Gasteiger partial charge in [0, 0.05) is 5.56 Å². The van der Waals surface area contributed by atoms with E-state index in [0.717, 1.165) is 11.3 Å². The molecule has 2 unspecified atom stereocenters. The van der Waals surface area contributed by atoms with Crippen molar-refractivity contribution >= 4 is 5.78 Å². The molecule has 0 bridgehead atoms. The third kappa shape index (κ3) is 3.02. The minimum atomic E-state index is -0.763. The van der Waals surface area contributed by atoms with E-state index in [2.05, 4.69) is 0 Å². The largest absolute Gasteiger partial charge is 0.497 e. The number of ether oxygens (including phenoxy) is 3. The number of Topliss-reactive ketones (excluding diaryl/α,β-unsaturated/α-hetero) is 1. The molecule has 4 heteroatoms. The first-order chi connectivity index (χ1) is 12.8. The molecule has 0 N–H and O–H groups in total. The number of carbonyl (C=O) groups is 1. The lowest BCUT2D eigenvalue weighted by atomic mass is 9.95. The number of para-hydroxylation sites is 2. The van der Waals surface area contributed by atoms with Crippen molar-refractivity contribution in [2.24, 2.45) is 0 Å². The fraction of sp³-hybridized carbons (Fsp3) is 0.136. The van der Waals surface area contributed by atoms with Crippen molar-refractivity contribution in [1.82, 2.24) is 0 Å². The van der Waals surface area contributed by atoms with Crippen LogP contribution < -0.4 is 14.2 Å². The van der Waals surface area contributed by atoms with E-state index in [0.29, 0.717) is 17.1 Å². The first-order valence-electron chi connectivity index (χ1n) is 8.42. The number of carbonyl (C=O) groups excluding carboxylic acids is 1. The summed E-state index contributed by atoms with van der Waals surface area (Å²) in [5.74, 6) is 1.84. The van der Waals surface area contributed by atoms with Crippen LogP contribution >= 0.6 is 0 Å². The SMILES string of the molecule is COc1ccc(C2Oc3ccccc3OC2C(=O)c2ccccc2)cc1. The second-order valence-corrected chi connectivity index (χ2v) is 6.03. The molecule has 3 aromatic carbocycles. The predicted molar refractivity (Wildman–Crippen MR) is 98.0 cm³/mol. The lowest BCUT2D eigenvalue weighted by molar-refractivity contribution is 0.0210. The van der Waals surface area contributed by atoms with Crippen LogP contribution in [0.1, 0.15) is 22.0 Å². The Kier molecular flexibility index (Phi) is 4.32. The number of hydrogen-bond acceptors (Lipinski definition) is 4. The molecule has 0 amide bonds. The topological polar surface area (TPSA) is 44.8 Å². The summed E-state index contributed by atoms with van der Waals surface area (Å²) in [6.45, 7) is 0. The minimum Gasteiger partial charge on any atom is -0.497 e. The van der Waals surface area contributed by atoms with E-state index >= 15 is 0 Å². The lowest BCUT2D eigenvalue weighted by Crippen LogP contribution is -2.39. The van der Waals surface area contributed by atoms with Gasteiger partial charge in [-0.1, -0.05) is 54.6 Å². The Hall–Kier alpha value is -3.27. The molecule has 0 saturated heterocycles. The Bertz CT molecular complexity index is 903. The molecular formula is C22H18O4. The van der Waals surface area contributed by atoms with E-state index in [-0.39, 0.29) is 5.78 Å². The lowest BCUT2D eigenvalue weighted by Gasteiger charge is -2.33. The smallest absolute Gasteiger partial charge is 0.207 e. The van der Waals surface area contributed by atoms with Crippen LogP contribution in [0.15, 0.2) is 78.9 Å². The standard InChI is InChI=1S/C22H18O4/c1-24-17-13-11-16(12-14-17)21-22(20(23)15-7-3-2-4-8-15)26-19-10-6-5-9-18(19)25-21/h2-14,21-22H,1H3. The van der Waals surface area contributed by atoms with Gasteiger partial charge >= 0.3 is 0 Å². The quantitative estimate of drug-likeness (QED) is 0.654. The summed E-state index contributed by atoms with van der Waals surface area (Å²) in [6.07, 6.45) is -1.30. The molecule has 0 aromatic heterocycles. The predicted octanol–water partition coefficient (Wildman–Crippen LogP) is 4.46. The van der Waals surface area contributed by atoms with Crippen LogP contribution in [0.25, 0.3) is 0 Å². The van der Waals surface area contributed by atoms with Crippen LogP contribution in [0, 0.1) is 0 Å². The molecule has 1 heterocycles. The molecule has 3 aromatic rings. The number of hydrogen-bond donors (Lipinski definition) is 0. The molecule has 0 saturated carbocycles. The third-order valence-corrected chi connectivity index (χ3v) is 4.39. The molecule has 1 aliphatic rings. The normalized spacial score (nSPS) is 18.2. The molecule has 4 nitrogen and oxygen atoms in total. The monoisotopic (exact) mass is 346 g/mol. The van der Waals surface area contributed by atoms with Crippen molar-refractivity contribution in [2.75, 3.05) is 7.11 Å². The second kappa shape index (κ2) is 6.92. The summed E-state index contributed by atoms with van der Waals surface area (Å²) in [5, 5.41) is 0. The highest BCUT2D eigenvalue weighted by molar-refractivity contribution is 6.00. The summed E-state index contributed by atoms with van der Waals surface area (Å²) in [7, 11) is 1.62. The van der Waals surface area contributed by atoms with E-state index in [9.17, 15) is 4.79 Å². The zero-order valence-corrected chi connectivity index (χ0v) is 14.3. The fourth-order valence-electron chi connectivity index (χ4n) is 3.04. The summed E-state index contributed by atoms with van der Waals surface area (Å²) in [6, 6.07) is 24.0. The molecule has 2 atom stereocenters.